The Morgan fingerprint density at radius 1 is 1.22 bits per heavy atom. The molecule has 1 fully saturated rings. The Labute approximate surface area is 134 Å². The van der Waals surface area contributed by atoms with Crippen molar-refractivity contribution >= 4 is 22.4 Å². The standard InChI is InChI=1S/C18H19N5/c1-10(2)21-15-6-7-16(22-11(15)3)13-8-20-18-14(13)9-19-17(23-18)12-4-5-12/h6-9,12H,4-5H2,1-3H3,(H,19,20,23). The fraction of sp³-hybridized carbons (Fsp3) is 0.333. The van der Waals surface area contributed by atoms with Gasteiger partial charge in [0, 0.05) is 35.0 Å². The summed E-state index contributed by atoms with van der Waals surface area (Å²) in [6.07, 6.45) is 6.30. The minimum atomic E-state index is 0.556. The van der Waals surface area contributed by atoms with Crippen molar-refractivity contribution in [1.82, 2.24) is 19.9 Å². The van der Waals surface area contributed by atoms with Gasteiger partial charge in [0.1, 0.15) is 11.5 Å². The first kappa shape index (κ1) is 14.1. The van der Waals surface area contributed by atoms with Crippen LogP contribution in [0.5, 0.6) is 0 Å². The smallest absolute Gasteiger partial charge is 0.141 e. The first-order valence-electron chi connectivity index (χ1n) is 7.96. The molecule has 0 saturated heterocycles. The van der Waals surface area contributed by atoms with Gasteiger partial charge in [-0.2, -0.15) is 0 Å². The first-order valence-corrected chi connectivity index (χ1v) is 7.96. The van der Waals surface area contributed by atoms with Gasteiger partial charge < -0.3 is 4.98 Å². The second kappa shape index (κ2) is 5.26. The van der Waals surface area contributed by atoms with Gasteiger partial charge in [-0.25, -0.2) is 9.97 Å². The average molecular weight is 305 g/mol. The highest BCUT2D eigenvalue weighted by Gasteiger charge is 2.27. The largest absolute Gasteiger partial charge is 0.345 e. The van der Waals surface area contributed by atoms with Crippen LogP contribution in [-0.4, -0.2) is 25.6 Å². The van der Waals surface area contributed by atoms with Crippen molar-refractivity contribution in [2.24, 2.45) is 4.99 Å². The molecule has 23 heavy (non-hydrogen) atoms. The van der Waals surface area contributed by atoms with Crippen molar-refractivity contribution < 1.29 is 0 Å². The number of nitrogens with one attached hydrogen (secondary N) is 1. The van der Waals surface area contributed by atoms with E-state index in [1.54, 1.807) is 0 Å². The van der Waals surface area contributed by atoms with Gasteiger partial charge in [0.25, 0.3) is 0 Å². The summed E-state index contributed by atoms with van der Waals surface area (Å²) in [7, 11) is 0. The van der Waals surface area contributed by atoms with Crippen LogP contribution >= 0.6 is 0 Å². The number of H-pyrrole nitrogens is 1. The maximum absolute atomic E-state index is 4.71. The summed E-state index contributed by atoms with van der Waals surface area (Å²) in [5.74, 6) is 1.51. The third-order valence-electron chi connectivity index (χ3n) is 4.07. The molecule has 0 bridgehead atoms. The SMILES string of the molecule is CC(C)=Nc1ccc(-c2c[nH]c3nc(C4CC4)ncc23)nc1C. The highest BCUT2D eigenvalue weighted by molar-refractivity contribution is 5.92. The number of hydrogen-bond acceptors (Lipinski definition) is 4. The van der Waals surface area contributed by atoms with Crippen molar-refractivity contribution in [2.45, 2.75) is 39.5 Å². The number of aliphatic imine (C=N–C) groups is 1. The van der Waals surface area contributed by atoms with Gasteiger partial charge in [-0.15, -0.1) is 0 Å². The van der Waals surface area contributed by atoms with E-state index in [9.17, 15) is 0 Å². The summed E-state index contributed by atoms with van der Waals surface area (Å²) < 4.78 is 0. The Bertz CT molecular complexity index is 914. The van der Waals surface area contributed by atoms with E-state index in [0.717, 1.165) is 45.2 Å². The Morgan fingerprint density at radius 3 is 2.74 bits per heavy atom. The van der Waals surface area contributed by atoms with Crippen molar-refractivity contribution in [3.05, 3.63) is 36.0 Å². The van der Waals surface area contributed by atoms with Crippen LogP contribution in [0.3, 0.4) is 0 Å². The van der Waals surface area contributed by atoms with Crippen LogP contribution < -0.4 is 0 Å². The van der Waals surface area contributed by atoms with E-state index in [0.29, 0.717) is 5.92 Å². The molecule has 1 aliphatic rings. The predicted molar refractivity (Wildman–Crippen MR) is 92.3 cm³/mol. The number of rotatable bonds is 3. The molecule has 1 N–H and O–H groups in total. The molecule has 116 valence electrons. The van der Waals surface area contributed by atoms with Crippen LogP contribution in [0.15, 0.2) is 29.5 Å². The number of aromatic amines is 1. The minimum Gasteiger partial charge on any atom is -0.345 e. The topological polar surface area (TPSA) is 66.8 Å². The maximum atomic E-state index is 4.71. The van der Waals surface area contributed by atoms with Crippen molar-refractivity contribution in [2.75, 3.05) is 0 Å². The normalized spacial score (nSPS) is 14.2. The molecule has 0 amide bonds. The Hall–Kier alpha value is -2.56. The third kappa shape index (κ3) is 2.63. The number of fused-ring (bicyclic) bond motifs is 1. The maximum Gasteiger partial charge on any atom is 0.141 e. The highest BCUT2D eigenvalue weighted by Crippen LogP contribution is 2.38. The lowest BCUT2D eigenvalue weighted by atomic mass is 10.1. The summed E-state index contributed by atoms with van der Waals surface area (Å²) in [6, 6.07) is 4.02. The van der Waals surface area contributed by atoms with Crippen LogP contribution in [0.1, 0.15) is 44.1 Å². The number of aryl methyl sites for hydroxylation is 1. The lowest BCUT2D eigenvalue weighted by Gasteiger charge is -2.04. The van der Waals surface area contributed by atoms with Crippen LogP contribution in [0.4, 0.5) is 5.69 Å². The van der Waals surface area contributed by atoms with Crippen LogP contribution in [0.2, 0.25) is 0 Å². The third-order valence-corrected chi connectivity index (χ3v) is 4.07. The Balaban J connectivity index is 1.76. The molecule has 5 nitrogen and oxygen atoms in total. The molecule has 3 aromatic heterocycles. The van der Waals surface area contributed by atoms with E-state index in [1.165, 1.54) is 12.8 Å². The molecule has 0 spiro atoms. The van der Waals surface area contributed by atoms with E-state index in [2.05, 4.69) is 19.9 Å². The van der Waals surface area contributed by atoms with Gasteiger partial charge in [-0.05, 0) is 45.7 Å². The summed E-state index contributed by atoms with van der Waals surface area (Å²) in [4.78, 5) is 21.6. The quantitative estimate of drug-likeness (QED) is 0.733. The molecule has 1 saturated carbocycles. The number of pyridine rings is 1. The summed E-state index contributed by atoms with van der Waals surface area (Å²) in [5.41, 5.74) is 5.71. The lowest BCUT2D eigenvalue weighted by Crippen LogP contribution is -1.92. The van der Waals surface area contributed by atoms with E-state index < -0.39 is 0 Å². The molecule has 0 aromatic carbocycles. The fourth-order valence-electron chi connectivity index (χ4n) is 2.73. The average Bonchev–Trinajstić information content (AvgIpc) is 3.28. The van der Waals surface area contributed by atoms with E-state index in [4.69, 9.17) is 4.98 Å². The van der Waals surface area contributed by atoms with Gasteiger partial charge in [-0.1, -0.05) is 0 Å². The molecule has 1 aliphatic carbocycles. The monoisotopic (exact) mass is 305 g/mol. The Kier molecular flexibility index (Phi) is 3.22. The first-order chi connectivity index (χ1) is 11.1. The van der Waals surface area contributed by atoms with Crippen molar-refractivity contribution in [3.63, 3.8) is 0 Å². The second-order valence-electron chi connectivity index (χ2n) is 6.33. The highest BCUT2D eigenvalue weighted by atomic mass is 15.0. The van der Waals surface area contributed by atoms with Crippen LogP contribution in [-0.2, 0) is 0 Å². The van der Waals surface area contributed by atoms with Crippen LogP contribution in [0.25, 0.3) is 22.3 Å². The molecule has 4 rings (SSSR count). The molecular weight excluding hydrogens is 286 g/mol. The molecule has 0 unspecified atom stereocenters. The zero-order chi connectivity index (χ0) is 16.0. The van der Waals surface area contributed by atoms with Gasteiger partial charge in [0.2, 0.25) is 0 Å². The second-order valence-corrected chi connectivity index (χ2v) is 6.33. The molecule has 0 radical (unpaired) electrons. The molecule has 3 aromatic rings. The zero-order valence-corrected chi connectivity index (χ0v) is 13.6. The van der Waals surface area contributed by atoms with Crippen molar-refractivity contribution in [1.29, 1.82) is 0 Å². The van der Waals surface area contributed by atoms with Gasteiger partial charge in [-0.3, -0.25) is 9.98 Å². The van der Waals surface area contributed by atoms with E-state index in [-0.39, 0.29) is 0 Å². The molecule has 0 atom stereocenters. The molecular formula is C18H19N5. The lowest BCUT2D eigenvalue weighted by molar-refractivity contribution is 0.943. The van der Waals surface area contributed by atoms with Crippen LogP contribution in [0, 0.1) is 6.92 Å². The van der Waals surface area contributed by atoms with Gasteiger partial charge in [0.05, 0.1) is 17.1 Å². The molecule has 5 heteroatoms. The minimum absolute atomic E-state index is 0.556. The zero-order valence-electron chi connectivity index (χ0n) is 13.6. The van der Waals surface area contributed by atoms with Crippen molar-refractivity contribution in [3.8, 4) is 11.3 Å². The summed E-state index contributed by atoms with van der Waals surface area (Å²) in [5, 5.41) is 1.02. The predicted octanol–water partition coefficient (Wildman–Crippen LogP) is 4.32. The van der Waals surface area contributed by atoms with E-state index >= 15 is 0 Å². The van der Waals surface area contributed by atoms with Gasteiger partial charge in [0.15, 0.2) is 0 Å². The number of hydrogen-bond donors (Lipinski definition) is 1. The molecule has 0 aliphatic heterocycles. The fourth-order valence-corrected chi connectivity index (χ4v) is 2.73. The molecule has 3 heterocycles. The Morgan fingerprint density at radius 2 is 2.04 bits per heavy atom. The van der Waals surface area contributed by atoms with Gasteiger partial charge >= 0.3 is 0 Å². The summed E-state index contributed by atoms with van der Waals surface area (Å²) in [6.45, 7) is 5.96. The number of nitrogens with zero attached hydrogens (tertiary/aromatic N) is 4. The number of aromatic nitrogens is 4. The van der Waals surface area contributed by atoms with E-state index in [1.807, 2.05) is 45.3 Å². The summed E-state index contributed by atoms with van der Waals surface area (Å²) >= 11 is 0.